The highest BCUT2D eigenvalue weighted by atomic mass is 16.5. The van der Waals surface area contributed by atoms with E-state index < -0.39 is 0 Å². The zero-order valence-electron chi connectivity index (χ0n) is 14.8. The Hall–Kier alpha value is -2.37. The molecule has 6 nitrogen and oxygen atoms in total. The van der Waals surface area contributed by atoms with Gasteiger partial charge in [-0.1, -0.05) is 23.4 Å². The number of aryl methyl sites for hydroxylation is 1. The lowest BCUT2D eigenvalue weighted by molar-refractivity contribution is -0.134. The highest BCUT2D eigenvalue weighted by molar-refractivity contribution is 5.76. The third kappa shape index (κ3) is 5.05. The molecule has 1 saturated heterocycles. The zero-order valence-corrected chi connectivity index (χ0v) is 14.8. The van der Waals surface area contributed by atoms with Gasteiger partial charge in [-0.3, -0.25) is 9.48 Å². The summed E-state index contributed by atoms with van der Waals surface area (Å²) in [6.07, 6.45) is 6.72. The molecule has 0 saturated carbocycles. The minimum Gasteiger partial charge on any atom is -0.487 e. The number of rotatable bonds is 7. The fourth-order valence-electron chi connectivity index (χ4n) is 3.19. The summed E-state index contributed by atoms with van der Waals surface area (Å²) >= 11 is 0. The number of carbonyl (C=O) groups excluding carboxylic acids is 1. The second-order valence-electron chi connectivity index (χ2n) is 6.61. The molecule has 2 aromatic rings. The summed E-state index contributed by atoms with van der Waals surface area (Å²) in [5.41, 5.74) is 0.792. The van der Waals surface area contributed by atoms with Crippen molar-refractivity contribution in [3.63, 3.8) is 0 Å². The minimum atomic E-state index is 0.264. The molecule has 1 amide bonds. The van der Waals surface area contributed by atoms with E-state index in [-0.39, 0.29) is 5.91 Å². The van der Waals surface area contributed by atoms with E-state index in [4.69, 9.17) is 4.74 Å². The number of benzene rings is 1. The van der Waals surface area contributed by atoms with Crippen LogP contribution in [0.5, 0.6) is 5.75 Å². The van der Waals surface area contributed by atoms with Gasteiger partial charge in [0.2, 0.25) is 5.91 Å². The summed E-state index contributed by atoms with van der Waals surface area (Å²) in [5, 5.41) is 8.24. The van der Waals surface area contributed by atoms with E-state index in [0.29, 0.717) is 25.6 Å². The van der Waals surface area contributed by atoms with Crippen molar-refractivity contribution in [1.29, 1.82) is 0 Å². The van der Waals surface area contributed by atoms with Gasteiger partial charge in [-0.15, -0.1) is 5.10 Å². The average molecular weight is 342 g/mol. The molecule has 25 heavy (non-hydrogen) atoms. The number of likely N-dealkylation sites (tertiary alicyclic amines) is 1. The Morgan fingerprint density at radius 3 is 2.92 bits per heavy atom. The number of carbonyl (C=O) groups is 1. The number of aromatic nitrogens is 3. The van der Waals surface area contributed by atoms with Gasteiger partial charge in [0.25, 0.3) is 0 Å². The number of hydrogen-bond donors (Lipinski definition) is 0. The summed E-state index contributed by atoms with van der Waals surface area (Å²) in [4.78, 5) is 14.4. The number of para-hydroxylation sites is 1. The lowest BCUT2D eigenvalue weighted by Gasteiger charge is -2.33. The predicted octanol–water partition coefficient (Wildman–Crippen LogP) is 3.04. The fraction of sp³-hybridized carbons (Fsp3) is 0.526. The van der Waals surface area contributed by atoms with Crippen molar-refractivity contribution in [3.8, 4) is 5.75 Å². The molecule has 134 valence electrons. The first-order valence-electron chi connectivity index (χ1n) is 9.09. The first-order chi connectivity index (χ1) is 12.2. The molecule has 0 bridgehead atoms. The number of hydrogen-bond acceptors (Lipinski definition) is 4. The lowest BCUT2D eigenvalue weighted by atomic mass is 10.0. The van der Waals surface area contributed by atoms with Crippen LogP contribution >= 0.6 is 0 Å². The molecule has 1 aromatic carbocycles. The maximum Gasteiger partial charge on any atom is 0.222 e. The van der Waals surface area contributed by atoms with Crippen LogP contribution in [0.15, 0.2) is 36.5 Å². The molecule has 0 aliphatic carbocycles. The van der Waals surface area contributed by atoms with Crippen LogP contribution in [-0.2, 0) is 17.9 Å². The number of amides is 1. The summed E-state index contributed by atoms with van der Waals surface area (Å²) in [6.45, 7) is 4.15. The quantitative estimate of drug-likeness (QED) is 0.776. The van der Waals surface area contributed by atoms with Crippen LogP contribution in [0.2, 0.25) is 0 Å². The molecular weight excluding hydrogens is 316 g/mol. The molecule has 0 N–H and O–H groups in total. The molecule has 3 rings (SSSR count). The van der Waals surface area contributed by atoms with E-state index in [1.54, 1.807) is 4.68 Å². The van der Waals surface area contributed by atoms with Gasteiger partial charge < -0.3 is 9.64 Å². The van der Waals surface area contributed by atoms with Crippen LogP contribution in [0.3, 0.4) is 0 Å². The van der Waals surface area contributed by atoms with Crippen molar-refractivity contribution in [2.75, 3.05) is 6.54 Å². The van der Waals surface area contributed by atoms with Gasteiger partial charge in [0.05, 0.1) is 6.20 Å². The van der Waals surface area contributed by atoms with Gasteiger partial charge >= 0.3 is 0 Å². The first-order valence-corrected chi connectivity index (χ1v) is 9.09. The van der Waals surface area contributed by atoms with Crippen LogP contribution in [0.4, 0.5) is 0 Å². The SMILES string of the molecule is C[C@H]1CCCCN1C(=O)CCCn1cc(COc2ccccc2)nn1. The maximum atomic E-state index is 12.3. The fourth-order valence-corrected chi connectivity index (χ4v) is 3.19. The molecule has 0 spiro atoms. The molecule has 2 heterocycles. The van der Waals surface area contributed by atoms with Crippen molar-refractivity contribution in [1.82, 2.24) is 19.9 Å². The Morgan fingerprint density at radius 2 is 2.12 bits per heavy atom. The van der Waals surface area contributed by atoms with E-state index in [1.165, 1.54) is 6.42 Å². The molecule has 1 aliphatic heterocycles. The molecule has 1 aliphatic rings. The molecule has 1 fully saturated rings. The summed E-state index contributed by atoms with van der Waals surface area (Å²) < 4.78 is 7.45. The topological polar surface area (TPSA) is 60.2 Å². The second-order valence-corrected chi connectivity index (χ2v) is 6.61. The molecule has 0 radical (unpaired) electrons. The molecule has 1 aromatic heterocycles. The summed E-state index contributed by atoms with van der Waals surface area (Å²) in [5.74, 6) is 1.08. The minimum absolute atomic E-state index is 0.264. The largest absolute Gasteiger partial charge is 0.487 e. The van der Waals surface area contributed by atoms with Crippen LogP contribution < -0.4 is 4.74 Å². The normalized spacial score (nSPS) is 17.5. The third-order valence-corrected chi connectivity index (χ3v) is 4.62. The first kappa shape index (κ1) is 17.5. The second kappa shape index (κ2) is 8.65. The van der Waals surface area contributed by atoms with Crippen molar-refractivity contribution >= 4 is 5.91 Å². The van der Waals surface area contributed by atoms with Crippen molar-refractivity contribution < 1.29 is 9.53 Å². The summed E-state index contributed by atoms with van der Waals surface area (Å²) in [6, 6.07) is 10.0. The summed E-state index contributed by atoms with van der Waals surface area (Å²) in [7, 11) is 0. The molecule has 1 atom stereocenters. The van der Waals surface area contributed by atoms with Crippen molar-refractivity contribution in [3.05, 3.63) is 42.2 Å². The third-order valence-electron chi connectivity index (χ3n) is 4.62. The van der Waals surface area contributed by atoms with Gasteiger partial charge in [-0.2, -0.15) is 0 Å². The van der Waals surface area contributed by atoms with Gasteiger partial charge in [0.1, 0.15) is 18.1 Å². The van der Waals surface area contributed by atoms with E-state index >= 15 is 0 Å². The zero-order chi connectivity index (χ0) is 17.5. The predicted molar refractivity (Wildman–Crippen MR) is 95.1 cm³/mol. The number of ether oxygens (including phenoxy) is 1. The Bertz CT molecular complexity index is 671. The van der Waals surface area contributed by atoms with E-state index in [9.17, 15) is 4.79 Å². The van der Waals surface area contributed by atoms with Crippen LogP contribution in [0.25, 0.3) is 0 Å². The van der Waals surface area contributed by atoms with E-state index in [1.807, 2.05) is 41.4 Å². The Balaban J connectivity index is 1.40. The van der Waals surface area contributed by atoms with E-state index in [0.717, 1.165) is 37.3 Å². The van der Waals surface area contributed by atoms with Gasteiger partial charge in [-0.25, -0.2) is 0 Å². The van der Waals surface area contributed by atoms with Crippen molar-refractivity contribution in [2.24, 2.45) is 0 Å². The van der Waals surface area contributed by atoms with Crippen LogP contribution in [-0.4, -0.2) is 38.4 Å². The lowest BCUT2D eigenvalue weighted by Crippen LogP contribution is -2.41. The molecule has 0 unspecified atom stereocenters. The number of piperidine rings is 1. The Kier molecular flexibility index (Phi) is 6.04. The van der Waals surface area contributed by atoms with Gasteiger partial charge in [-0.05, 0) is 44.7 Å². The van der Waals surface area contributed by atoms with Gasteiger partial charge in [0, 0.05) is 25.6 Å². The smallest absolute Gasteiger partial charge is 0.222 e. The highest BCUT2D eigenvalue weighted by Gasteiger charge is 2.22. The molecule has 6 heteroatoms. The number of nitrogens with zero attached hydrogens (tertiary/aromatic N) is 4. The van der Waals surface area contributed by atoms with Crippen molar-refractivity contribution in [2.45, 2.75) is 58.2 Å². The van der Waals surface area contributed by atoms with Crippen LogP contribution in [0.1, 0.15) is 44.7 Å². The van der Waals surface area contributed by atoms with E-state index in [2.05, 4.69) is 17.2 Å². The van der Waals surface area contributed by atoms with Gasteiger partial charge in [0.15, 0.2) is 0 Å². The standard InChI is InChI=1S/C19H26N4O2/c1-16-8-5-6-13-23(16)19(24)11-7-12-22-14-17(20-21-22)15-25-18-9-3-2-4-10-18/h2-4,9-10,14,16H,5-8,11-13,15H2,1H3/t16-/m0/s1. The molecular formula is C19H26N4O2. The van der Waals surface area contributed by atoms with Crippen LogP contribution in [0, 0.1) is 0 Å². The monoisotopic (exact) mass is 342 g/mol. The maximum absolute atomic E-state index is 12.3. The Labute approximate surface area is 148 Å². The average Bonchev–Trinajstić information content (AvgIpc) is 3.09. The highest BCUT2D eigenvalue weighted by Crippen LogP contribution is 2.17. The Morgan fingerprint density at radius 1 is 1.28 bits per heavy atom.